The van der Waals surface area contributed by atoms with E-state index in [-0.39, 0.29) is 12.3 Å². The van der Waals surface area contributed by atoms with Crippen molar-refractivity contribution in [2.45, 2.75) is 19.4 Å². The number of aliphatic hydroxyl groups is 1. The summed E-state index contributed by atoms with van der Waals surface area (Å²) < 4.78 is 6.06. The summed E-state index contributed by atoms with van der Waals surface area (Å²) in [4.78, 5) is 10.2. The number of nitro groups is 1. The molecule has 0 saturated heterocycles. The van der Waals surface area contributed by atoms with Gasteiger partial charge in [0, 0.05) is 12.6 Å². The highest BCUT2D eigenvalue weighted by molar-refractivity contribution is 9.10. The predicted molar refractivity (Wildman–Crippen MR) is 75.5 cm³/mol. The summed E-state index contributed by atoms with van der Waals surface area (Å²) in [7, 11) is 0. The Kier molecular flexibility index (Phi) is 5.71. The molecule has 2 N–H and O–H groups in total. The maximum atomic E-state index is 10.7. The molecule has 0 heterocycles. The van der Waals surface area contributed by atoms with E-state index in [1.54, 1.807) is 13.0 Å². The van der Waals surface area contributed by atoms with E-state index < -0.39 is 10.5 Å². The van der Waals surface area contributed by atoms with Crippen LogP contribution < -0.4 is 10.1 Å². The first-order valence-electron chi connectivity index (χ1n) is 5.85. The quantitative estimate of drug-likeness (QED) is 0.590. The van der Waals surface area contributed by atoms with Gasteiger partial charge in [-0.2, -0.15) is 0 Å². The number of benzene rings is 1. The van der Waals surface area contributed by atoms with Crippen molar-refractivity contribution in [3.63, 3.8) is 0 Å². The van der Waals surface area contributed by atoms with Crippen LogP contribution in [0.4, 0.5) is 5.69 Å². The predicted octanol–water partition coefficient (Wildman–Crippen LogP) is 2.10. The average molecular weight is 333 g/mol. The van der Waals surface area contributed by atoms with Crippen LogP contribution in [0.25, 0.3) is 0 Å². The maximum absolute atomic E-state index is 10.7. The molecule has 0 aliphatic rings. The summed E-state index contributed by atoms with van der Waals surface area (Å²) in [6.45, 7) is 4.75. The van der Waals surface area contributed by atoms with Gasteiger partial charge in [-0.05, 0) is 35.5 Å². The Balaban J connectivity index is 2.71. The van der Waals surface area contributed by atoms with E-state index in [1.165, 1.54) is 12.1 Å². The van der Waals surface area contributed by atoms with Crippen molar-refractivity contribution in [1.82, 2.24) is 5.32 Å². The van der Waals surface area contributed by atoms with Crippen LogP contribution in [-0.4, -0.2) is 35.3 Å². The molecule has 1 aromatic rings. The average Bonchev–Trinajstić information content (AvgIpc) is 2.35. The van der Waals surface area contributed by atoms with E-state index in [0.717, 1.165) is 6.54 Å². The first-order valence-corrected chi connectivity index (χ1v) is 6.65. The molecule has 0 saturated carbocycles. The smallest absolute Gasteiger partial charge is 0.273 e. The number of nitrogens with zero attached hydrogens (tertiary/aromatic N) is 1. The second-order valence-corrected chi connectivity index (χ2v) is 5.29. The second-order valence-electron chi connectivity index (χ2n) is 4.44. The number of nitrogens with one attached hydrogen (secondary N) is 1. The SMILES string of the molecule is CCNCC(C)(O)COc1cc([N+](=O)[O-])ccc1Br. The number of hydrogen-bond donors (Lipinski definition) is 2. The number of hydrogen-bond acceptors (Lipinski definition) is 5. The molecule has 6 nitrogen and oxygen atoms in total. The topological polar surface area (TPSA) is 84.6 Å². The lowest BCUT2D eigenvalue weighted by atomic mass is 10.1. The summed E-state index contributed by atoms with van der Waals surface area (Å²) in [6.07, 6.45) is 0. The highest BCUT2D eigenvalue weighted by Gasteiger charge is 2.21. The van der Waals surface area contributed by atoms with E-state index in [0.29, 0.717) is 16.8 Å². The normalized spacial score (nSPS) is 13.9. The standard InChI is InChI=1S/C12H17BrN2O4/c1-3-14-7-12(2,16)8-19-11-6-9(15(17)18)4-5-10(11)13/h4-6,14,16H,3,7-8H2,1-2H3. The molecule has 1 aromatic carbocycles. The monoisotopic (exact) mass is 332 g/mol. The van der Waals surface area contributed by atoms with Gasteiger partial charge in [-0.3, -0.25) is 10.1 Å². The Labute approximate surface area is 120 Å². The van der Waals surface area contributed by atoms with Crippen LogP contribution in [0.5, 0.6) is 5.75 Å². The number of halogens is 1. The Bertz CT molecular complexity index is 451. The summed E-state index contributed by atoms with van der Waals surface area (Å²) in [5.74, 6) is 0.339. The number of nitro benzene ring substituents is 1. The summed E-state index contributed by atoms with van der Waals surface area (Å²) in [5, 5.41) is 23.7. The minimum absolute atomic E-state index is 0.0414. The van der Waals surface area contributed by atoms with Crippen LogP contribution in [-0.2, 0) is 0 Å². The molecule has 0 bridgehead atoms. The van der Waals surface area contributed by atoms with Crippen LogP contribution in [0.1, 0.15) is 13.8 Å². The van der Waals surface area contributed by atoms with Crippen molar-refractivity contribution in [2.75, 3.05) is 19.7 Å². The molecule has 1 unspecified atom stereocenters. The third kappa shape index (κ3) is 5.14. The maximum Gasteiger partial charge on any atom is 0.273 e. The molecule has 0 amide bonds. The van der Waals surface area contributed by atoms with Crippen molar-refractivity contribution in [3.8, 4) is 5.75 Å². The Hall–Kier alpha value is -1.18. The van der Waals surface area contributed by atoms with E-state index in [9.17, 15) is 15.2 Å². The Morgan fingerprint density at radius 1 is 1.58 bits per heavy atom. The van der Waals surface area contributed by atoms with Gasteiger partial charge >= 0.3 is 0 Å². The largest absolute Gasteiger partial charge is 0.489 e. The van der Waals surface area contributed by atoms with Gasteiger partial charge in [-0.15, -0.1) is 0 Å². The van der Waals surface area contributed by atoms with Crippen molar-refractivity contribution < 1.29 is 14.8 Å². The fourth-order valence-electron chi connectivity index (χ4n) is 1.39. The van der Waals surface area contributed by atoms with Crippen LogP contribution in [0.3, 0.4) is 0 Å². The number of rotatable bonds is 7. The van der Waals surface area contributed by atoms with Crippen LogP contribution in [0.2, 0.25) is 0 Å². The molecule has 1 rings (SSSR count). The van der Waals surface area contributed by atoms with E-state index in [1.807, 2.05) is 6.92 Å². The lowest BCUT2D eigenvalue weighted by molar-refractivity contribution is -0.385. The number of non-ortho nitro benzene ring substituents is 1. The molecule has 7 heteroatoms. The van der Waals surface area contributed by atoms with Gasteiger partial charge < -0.3 is 15.2 Å². The molecular formula is C12H17BrN2O4. The molecule has 0 spiro atoms. The zero-order valence-electron chi connectivity index (χ0n) is 10.9. The third-order valence-electron chi connectivity index (χ3n) is 2.42. The zero-order chi connectivity index (χ0) is 14.5. The van der Waals surface area contributed by atoms with Gasteiger partial charge in [0.25, 0.3) is 5.69 Å². The van der Waals surface area contributed by atoms with Gasteiger partial charge in [-0.25, -0.2) is 0 Å². The number of likely N-dealkylation sites (N-methyl/N-ethyl adjacent to an activating group) is 1. The minimum Gasteiger partial charge on any atom is -0.489 e. The van der Waals surface area contributed by atoms with Gasteiger partial charge in [0.15, 0.2) is 0 Å². The molecule has 0 fully saturated rings. The van der Waals surface area contributed by atoms with Crippen molar-refractivity contribution in [2.24, 2.45) is 0 Å². The molecular weight excluding hydrogens is 316 g/mol. The minimum atomic E-state index is -1.04. The summed E-state index contributed by atoms with van der Waals surface area (Å²) in [5.41, 5.74) is -1.09. The first kappa shape index (κ1) is 15.9. The number of ether oxygens (including phenoxy) is 1. The lowest BCUT2D eigenvalue weighted by Gasteiger charge is -2.23. The van der Waals surface area contributed by atoms with Gasteiger partial charge in [0.1, 0.15) is 18.0 Å². The van der Waals surface area contributed by atoms with Gasteiger partial charge in [0.05, 0.1) is 15.5 Å². The van der Waals surface area contributed by atoms with Crippen LogP contribution in [0, 0.1) is 10.1 Å². The van der Waals surface area contributed by atoms with Crippen molar-refractivity contribution >= 4 is 21.6 Å². The van der Waals surface area contributed by atoms with Crippen molar-refractivity contribution in [1.29, 1.82) is 0 Å². The van der Waals surface area contributed by atoms with Gasteiger partial charge in [0.2, 0.25) is 0 Å². The van der Waals surface area contributed by atoms with Gasteiger partial charge in [-0.1, -0.05) is 6.92 Å². The second kappa shape index (κ2) is 6.83. The molecule has 1 atom stereocenters. The van der Waals surface area contributed by atoms with Crippen LogP contribution in [0.15, 0.2) is 22.7 Å². The summed E-state index contributed by atoms with van der Waals surface area (Å²) >= 11 is 3.26. The Morgan fingerprint density at radius 2 is 2.26 bits per heavy atom. The molecule has 0 aliphatic carbocycles. The van der Waals surface area contributed by atoms with Crippen LogP contribution >= 0.6 is 15.9 Å². The summed E-state index contributed by atoms with van der Waals surface area (Å²) in [6, 6.07) is 4.26. The van der Waals surface area contributed by atoms with E-state index in [2.05, 4.69) is 21.2 Å². The van der Waals surface area contributed by atoms with E-state index >= 15 is 0 Å². The Morgan fingerprint density at radius 3 is 2.84 bits per heavy atom. The lowest BCUT2D eigenvalue weighted by Crippen LogP contribution is -2.42. The fourth-order valence-corrected chi connectivity index (χ4v) is 1.76. The molecule has 0 aromatic heterocycles. The molecule has 0 radical (unpaired) electrons. The highest BCUT2D eigenvalue weighted by Crippen LogP contribution is 2.29. The fraction of sp³-hybridized carbons (Fsp3) is 0.500. The first-order chi connectivity index (χ1) is 8.85. The van der Waals surface area contributed by atoms with Crippen molar-refractivity contribution in [3.05, 3.63) is 32.8 Å². The highest BCUT2D eigenvalue weighted by atomic mass is 79.9. The van der Waals surface area contributed by atoms with E-state index in [4.69, 9.17) is 4.74 Å². The molecule has 0 aliphatic heterocycles. The molecule has 106 valence electrons. The zero-order valence-corrected chi connectivity index (χ0v) is 12.4. The third-order valence-corrected chi connectivity index (χ3v) is 3.08. The molecule has 19 heavy (non-hydrogen) atoms.